The Morgan fingerprint density at radius 3 is 2.89 bits per heavy atom. The van der Waals surface area contributed by atoms with Crippen LogP contribution >= 0.6 is 0 Å². The second-order valence-corrected chi connectivity index (χ2v) is 4.08. The number of primary amides is 1. The lowest BCUT2D eigenvalue weighted by atomic mass is 10.1. The first-order chi connectivity index (χ1) is 8.56. The van der Waals surface area contributed by atoms with Crippen LogP contribution in [-0.2, 0) is 9.53 Å². The minimum absolute atomic E-state index is 0.0447. The third-order valence-corrected chi connectivity index (χ3v) is 2.72. The van der Waals surface area contributed by atoms with Crippen LogP contribution in [0.2, 0.25) is 0 Å². The minimum Gasteiger partial charge on any atom is -0.368 e. The summed E-state index contributed by atoms with van der Waals surface area (Å²) in [5.74, 6) is -0.496. The van der Waals surface area contributed by atoms with E-state index in [2.05, 4.69) is 0 Å². The first-order valence-electron chi connectivity index (χ1n) is 5.45. The standard InChI is InChI=1S/C11H13N3O4/c12-11(15)7-18-10-5-13(6-10)8-2-1-3-9(4-8)14(16)17/h1-4,10H,5-7H2,(H2,12,15). The molecular formula is C11H13N3O4. The summed E-state index contributed by atoms with van der Waals surface area (Å²) in [6.07, 6.45) is -0.0447. The highest BCUT2D eigenvalue weighted by Crippen LogP contribution is 2.25. The number of rotatable bonds is 5. The number of nitro groups is 1. The molecule has 0 aliphatic carbocycles. The zero-order valence-electron chi connectivity index (χ0n) is 9.61. The fourth-order valence-electron chi connectivity index (χ4n) is 1.76. The van der Waals surface area contributed by atoms with Crippen molar-refractivity contribution in [2.75, 3.05) is 24.6 Å². The average molecular weight is 251 g/mol. The molecule has 0 spiro atoms. The van der Waals surface area contributed by atoms with Gasteiger partial charge in [-0.3, -0.25) is 14.9 Å². The lowest BCUT2D eigenvalue weighted by molar-refractivity contribution is -0.384. The Kier molecular flexibility index (Phi) is 3.42. The zero-order valence-corrected chi connectivity index (χ0v) is 9.61. The summed E-state index contributed by atoms with van der Waals surface area (Å²) in [6.45, 7) is 1.12. The molecule has 18 heavy (non-hydrogen) atoms. The third-order valence-electron chi connectivity index (χ3n) is 2.72. The van der Waals surface area contributed by atoms with E-state index in [1.54, 1.807) is 12.1 Å². The van der Waals surface area contributed by atoms with Crippen molar-refractivity contribution in [2.24, 2.45) is 5.73 Å². The van der Waals surface area contributed by atoms with E-state index in [-0.39, 0.29) is 18.4 Å². The zero-order chi connectivity index (χ0) is 13.1. The molecule has 1 amide bonds. The molecule has 1 heterocycles. The van der Waals surface area contributed by atoms with E-state index < -0.39 is 10.8 Å². The number of nitrogens with two attached hydrogens (primary N) is 1. The van der Waals surface area contributed by atoms with Gasteiger partial charge in [0, 0.05) is 30.9 Å². The number of carbonyl (C=O) groups is 1. The van der Waals surface area contributed by atoms with E-state index in [0.29, 0.717) is 13.1 Å². The van der Waals surface area contributed by atoms with Gasteiger partial charge in [0.05, 0.1) is 11.0 Å². The molecule has 0 aromatic heterocycles. The summed E-state index contributed by atoms with van der Waals surface area (Å²) in [7, 11) is 0. The van der Waals surface area contributed by atoms with Crippen molar-refractivity contribution in [1.82, 2.24) is 0 Å². The van der Waals surface area contributed by atoms with Crippen molar-refractivity contribution in [1.29, 1.82) is 0 Å². The topological polar surface area (TPSA) is 98.7 Å². The van der Waals surface area contributed by atoms with Crippen molar-refractivity contribution in [2.45, 2.75) is 6.10 Å². The van der Waals surface area contributed by atoms with Crippen LogP contribution in [0.25, 0.3) is 0 Å². The second-order valence-electron chi connectivity index (χ2n) is 4.08. The lowest BCUT2D eigenvalue weighted by Gasteiger charge is -2.40. The molecule has 96 valence electrons. The van der Waals surface area contributed by atoms with E-state index in [1.807, 2.05) is 4.90 Å². The van der Waals surface area contributed by atoms with Gasteiger partial charge in [0.15, 0.2) is 0 Å². The highest BCUT2D eigenvalue weighted by atomic mass is 16.6. The van der Waals surface area contributed by atoms with Gasteiger partial charge in [0.1, 0.15) is 6.61 Å². The van der Waals surface area contributed by atoms with Crippen LogP contribution in [0.4, 0.5) is 11.4 Å². The molecule has 0 radical (unpaired) electrons. The maximum Gasteiger partial charge on any atom is 0.271 e. The Morgan fingerprint density at radius 1 is 1.56 bits per heavy atom. The van der Waals surface area contributed by atoms with E-state index in [0.717, 1.165) is 5.69 Å². The number of ether oxygens (including phenoxy) is 1. The molecule has 1 saturated heterocycles. The van der Waals surface area contributed by atoms with Gasteiger partial charge < -0.3 is 15.4 Å². The molecule has 7 nitrogen and oxygen atoms in total. The summed E-state index contributed by atoms with van der Waals surface area (Å²) in [4.78, 5) is 22.7. The van der Waals surface area contributed by atoms with E-state index in [9.17, 15) is 14.9 Å². The number of carbonyl (C=O) groups excluding carboxylic acids is 1. The van der Waals surface area contributed by atoms with Crippen LogP contribution < -0.4 is 10.6 Å². The molecule has 0 bridgehead atoms. The molecule has 0 atom stereocenters. The van der Waals surface area contributed by atoms with Crippen LogP contribution in [-0.4, -0.2) is 36.6 Å². The normalized spacial score (nSPS) is 15.2. The Hall–Kier alpha value is -2.15. The summed E-state index contributed by atoms with van der Waals surface area (Å²) in [5.41, 5.74) is 5.81. The first-order valence-corrected chi connectivity index (χ1v) is 5.45. The number of nitro benzene ring substituents is 1. The van der Waals surface area contributed by atoms with Crippen LogP contribution in [0.15, 0.2) is 24.3 Å². The molecule has 2 rings (SSSR count). The van der Waals surface area contributed by atoms with E-state index in [1.165, 1.54) is 12.1 Å². The van der Waals surface area contributed by atoms with Crippen molar-refractivity contribution in [3.63, 3.8) is 0 Å². The highest BCUT2D eigenvalue weighted by molar-refractivity contribution is 5.75. The molecular weight excluding hydrogens is 238 g/mol. The van der Waals surface area contributed by atoms with Crippen molar-refractivity contribution < 1.29 is 14.5 Å². The molecule has 7 heteroatoms. The number of hydrogen-bond donors (Lipinski definition) is 1. The number of benzene rings is 1. The number of non-ortho nitro benzene ring substituents is 1. The number of nitrogens with zero attached hydrogens (tertiary/aromatic N) is 2. The molecule has 0 saturated carbocycles. The number of amides is 1. The van der Waals surface area contributed by atoms with Gasteiger partial charge in [-0.2, -0.15) is 0 Å². The minimum atomic E-state index is -0.496. The van der Waals surface area contributed by atoms with E-state index >= 15 is 0 Å². The molecule has 1 aliphatic rings. The van der Waals surface area contributed by atoms with Crippen molar-refractivity contribution in [3.8, 4) is 0 Å². The molecule has 0 unspecified atom stereocenters. The van der Waals surface area contributed by atoms with Crippen LogP contribution in [0.3, 0.4) is 0 Å². The molecule has 1 fully saturated rings. The number of anilines is 1. The number of hydrogen-bond acceptors (Lipinski definition) is 5. The largest absolute Gasteiger partial charge is 0.368 e. The Balaban J connectivity index is 1.90. The van der Waals surface area contributed by atoms with Gasteiger partial charge in [-0.05, 0) is 6.07 Å². The van der Waals surface area contributed by atoms with E-state index in [4.69, 9.17) is 10.5 Å². The first kappa shape index (κ1) is 12.3. The van der Waals surface area contributed by atoms with Gasteiger partial charge >= 0.3 is 0 Å². The predicted molar refractivity (Wildman–Crippen MR) is 64.2 cm³/mol. The van der Waals surface area contributed by atoms with Crippen LogP contribution in [0, 0.1) is 10.1 Å². The summed E-state index contributed by atoms with van der Waals surface area (Å²) >= 11 is 0. The SMILES string of the molecule is NC(=O)COC1CN(c2cccc([N+](=O)[O-])c2)C1. The summed E-state index contributed by atoms with van der Waals surface area (Å²) < 4.78 is 5.22. The predicted octanol–water partition coefficient (Wildman–Crippen LogP) is 0.285. The Morgan fingerprint density at radius 2 is 2.28 bits per heavy atom. The van der Waals surface area contributed by atoms with Crippen LogP contribution in [0.1, 0.15) is 0 Å². The van der Waals surface area contributed by atoms with Crippen LogP contribution in [0.5, 0.6) is 0 Å². The highest BCUT2D eigenvalue weighted by Gasteiger charge is 2.28. The summed E-state index contributed by atoms with van der Waals surface area (Å²) in [6, 6.07) is 6.41. The van der Waals surface area contributed by atoms with Crippen molar-refractivity contribution in [3.05, 3.63) is 34.4 Å². The second kappa shape index (κ2) is 5.01. The van der Waals surface area contributed by atoms with Gasteiger partial charge in [-0.25, -0.2) is 0 Å². The lowest BCUT2D eigenvalue weighted by Crippen LogP contribution is -2.53. The maximum absolute atomic E-state index is 10.6. The van der Waals surface area contributed by atoms with Gasteiger partial charge in [0.25, 0.3) is 5.69 Å². The Labute approximate surface area is 103 Å². The van der Waals surface area contributed by atoms with Gasteiger partial charge in [0.2, 0.25) is 5.91 Å². The maximum atomic E-state index is 10.6. The summed E-state index contributed by atoms with van der Waals surface area (Å²) in [5, 5.41) is 10.6. The molecule has 2 N–H and O–H groups in total. The molecule has 1 aromatic carbocycles. The molecule has 1 aromatic rings. The smallest absolute Gasteiger partial charge is 0.271 e. The molecule has 1 aliphatic heterocycles. The Bertz CT molecular complexity index is 471. The fraction of sp³-hybridized carbons (Fsp3) is 0.364. The van der Waals surface area contributed by atoms with Gasteiger partial charge in [-0.1, -0.05) is 6.07 Å². The fourth-order valence-corrected chi connectivity index (χ4v) is 1.76. The average Bonchev–Trinajstić information content (AvgIpc) is 2.27. The monoisotopic (exact) mass is 251 g/mol. The van der Waals surface area contributed by atoms with Gasteiger partial charge in [-0.15, -0.1) is 0 Å². The third kappa shape index (κ3) is 2.75. The quantitative estimate of drug-likeness (QED) is 0.598. The van der Waals surface area contributed by atoms with Crippen molar-refractivity contribution >= 4 is 17.3 Å².